The summed E-state index contributed by atoms with van der Waals surface area (Å²) in [5.41, 5.74) is 0. The van der Waals surface area contributed by atoms with Crippen LogP contribution in [0.15, 0.2) is 0 Å². The van der Waals surface area contributed by atoms with Crippen molar-refractivity contribution < 1.29 is 0 Å². The maximum atomic E-state index is 4.00. The molecule has 0 atom stereocenters. The van der Waals surface area contributed by atoms with E-state index in [0.717, 1.165) is 0 Å². The second kappa shape index (κ2) is 176. The third-order valence-corrected chi connectivity index (χ3v) is 0. The van der Waals surface area contributed by atoms with Crippen LogP contribution in [0.3, 0.4) is 0 Å². The fraction of sp³-hybridized carbons (Fsp3) is 0.333. The summed E-state index contributed by atoms with van der Waals surface area (Å²) in [6, 6.07) is 0. The van der Waals surface area contributed by atoms with Gasteiger partial charge in [0.15, 0.2) is 0 Å². The van der Waals surface area contributed by atoms with Crippen LogP contribution < -0.4 is 0 Å². The maximum Gasteiger partial charge on any atom is -0.0149 e. The number of hydrogen-bond donors (Lipinski definition) is 0. The molecule has 0 spiro atoms. The molecule has 1 heteroatoms. The van der Waals surface area contributed by atoms with Crippen molar-refractivity contribution in [3.05, 3.63) is 0 Å². The molecule has 0 unspecified atom stereocenters. The van der Waals surface area contributed by atoms with E-state index in [9.17, 15) is 0 Å². The van der Waals surface area contributed by atoms with E-state index in [0.29, 0.717) is 0 Å². The van der Waals surface area contributed by atoms with E-state index in [1.54, 1.807) is 0 Å². The van der Waals surface area contributed by atoms with E-state index in [2.05, 4.69) is 12.8 Å². The topological polar surface area (TPSA) is 0 Å². The summed E-state index contributed by atoms with van der Waals surface area (Å²) in [7, 11) is 0. The quantitative estimate of drug-likeness (QED) is 0.267. The average Bonchev–Trinajstić information content (AvgIpc) is 1.00. The normalized spacial score (nSPS) is 0.500. The van der Waals surface area contributed by atoms with Gasteiger partial charge in [0.25, 0.3) is 0 Å². The minimum atomic E-state index is 0. The van der Waals surface area contributed by atoms with E-state index in [1.165, 1.54) is 0 Å². The standard InChI is InChI=1S/C2H2.CH4.H4Si/c1-2;;/h1-2H;2*1H4. The van der Waals surface area contributed by atoms with Crippen molar-refractivity contribution in [2.75, 3.05) is 0 Å². The van der Waals surface area contributed by atoms with Crippen LogP contribution in [-0.2, 0) is 0 Å². The van der Waals surface area contributed by atoms with Crippen molar-refractivity contribution >= 4 is 11.0 Å². The molecule has 0 aliphatic heterocycles. The molecular formula is C3H10Si. The van der Waals surface area contributed by atoms with Gasteiger partial charge in [-0.2, -0.15) is 0 Å². The highest BCUT2D eigenvalue weighted by molar-refractivity contribution is 5.75. The van der Waals surface area contributed by atoms with E-state index in [4.69, 9.17) is 0 Å². The number of terminal acetylenes is 1. The zero-order valence-electron chi connectivity index (χ0n) is 1.15. The average molecular weight is 74.2 g/mol. The van der Waals surface area contributed by atoms with Gasteiger partial charge in [0.05, 0.1) is 0 Å². The van der Waals surface area contributed by atoms with Crippen LogP contribution in [0, 0.1) is 12.8 Å². The lowest BCUT2D eigenvalue weighted by atomic mass is 11.4. The van der Waals surface area contributed by atoms with Crippen LogP contribution in [0.1, 0.15) is 7.43 Å². The summed E-state index contributed by atoms with van der Waals surface area (Å²) in [6.45, 7) is 0. The Labute approximate surface area is 32.2 Å². The first-order valence-electron chi connectivity index (χ1n) is 0.333. The number of hydrogen-bond acceptors (Lipinski definition) is 0. The molecule has 0 rings (SSSR count). The van der Waals surface area contributed by atoms with E-state index in [-0.39, 0.29) is 18.4 Å². The van der Waals surface area contributed by atoms with Crippen LogP contribution in [-0.4, -0.2) is 11.0 Å². The zero-order valence-corrected chi connectivity index (χ0v) is 1.15. The zero-order chi connectivity index (χ0) is 2.00. The van der Waals surface area contributed by atoms with Gasteiger partial charge in [-0.05, 0) is 11.0 Å². The molecule has 0 aromatic carbocycles. The van der Waals surface area contributed by atoms with Crippen LogP contribution in [0.25, 0.3) is 0 Å². The van der Waals surface area contributed by atoms with E-state index >= 15 is 0 Å². The monoisotopic (exact) mass is 74.1 g/mol. The fourth-order valence-corrected chi connectivity index (χ4v) is 0. The minimum Gasteiger partial charge on any atom is -0.124 e. The van der Waals surface area contributed by atoms with Crippen molar-refractivity contribution in [2.24, 2.45) is 0 Å². The molecule has 0 heterocycles. The van der Waals surface area contributed by atoms with E-state index in [1.807, 2.05) is 0 Å². The van der Waals surface area contributed by atoms with Gasteiger partial charge < -0.3 is 0 Å². The highest BCUT2D eigenvalue weighted by Crippen LogP contribution is 0.579. The first kappa shape index (κ1) is 48.3. The van der Waals surface area contributed by atoms with Crippen molar-refractivity contribution in [3.8, 4) is 12.8 Å². The molecule has 0 fully saturated rings. The molecule has 0 amide bonds. The van der Waals surface area contributed by atoms with Gasteiger partial charge in [-0.15, -0.1) is 12.8 Å². The predicted octanol–water partition coefficient (Wildman–Crippen LogP) is -0.566. The van der Waals surface area contributed by atoms with Crippen LogP contribution in [0.2, 0.25) is 0 Å². The summed E-state index contributed by atoms with van der Waals surface area (Å²) >= 11 is 0. The third kappa shape index (κ3) is 21.5. The molecule has 0 N–H and O–H groups in total. The summed E-state index contributed by atoms with van der Waals surface area (Å²) in [5, 5.41) is 0. The first-order valence-corrected chi connectivity index (χ1v) is 0.333. The highest BCUT2D eigenvalue weighted by Gasteiger charge is 0.454. The molecule has 4 heavy (non-hydrogen) atoms. The Morgan fingerprint density at radius 2 is 1.00 bits per heavy atom. The van der Waals surface area contributed by atoms with Gasteiger partial charge in [0.2, 0.25) is 0 Å². The minimum absolute atomic E-state index is 0. The SMILES string of the molecule is C.C#C.[SiH4]. The Hall–Kier alpha value is -0.223. The van der Waals surface area contributed by atoms with Gasteiger partial charge in [-0.25, -0.2) is 0 Å². The fourth-order valence-electron chi connectivity index (χ4n) is 0. The summed E-state index contributed by atoms with van der Waals surface area (Å²) in [5.74, 6) is 0. The molecule has 0 saturated carbocycles. The molecule has 0 aliphatic rings. The van der Waals surface area contributed by atoms with Crippen LogP contribution in [0.4, 0.5) is 0 Å². The largest absolute Gasteiger partial charge is 0.124 e. The second-order valence-corrected chi connectivity index (χ2v) is 0. The molecule has 0 bridgehead atoms. The molecule has 0 aromatic heterocycles. The van der Waals surface area contributed by atoms with Crippen molar-refractivity contribution in [1.29, 1.82) is 0 Å². The third-order valence-electron chi connectivity index (χ3n) is 0. The Balaban J connectivity index is -0.00000000500. The summed E-state index contributed by atoms with van der Waals surface area (Å²) in [6.07, 6.45) is 8.00. The molecule has 0 saturated heterocycles. The van der Waals surface area contributed by atoms with Gasteiger partial charge in [-0.1, -0.05) is 7.43 Å². The summed E-state index contributed by atoms with van der Waals surface area (Å²) in [4.78, 5) is 0. The maximum absolute atomic E-state index is 4.00. The van der Waals surface area contributed by atoms with Crippen LogP contribution >= 0.6 is 0 Å². The van der Waals surface area contributed by atoms with Crippen molar-refractivity contribution in [2.45, 2.75) is 7.43 Å². The van der Waals surface area contributed by atoms with Crippen LogP contribution in [0.5, 0.6) is 0 Å². The Morgan fingerprint density at radius 1 is 1.00 bits per heavy atom. The van der Waals surface area contributed by atoms with Gasteiger partial charge in [0, 0.05) is 0 Å². The predicted molar refractivity (Wildman–Crippen MR) is 28.0 cm³/mol. The molecule has 26 valence electrons. The molecular weight excluding hydrogens is 64.1 g/mol. The lowest BCUT2D eigenvalue weighted by Crippen LogP contribution is -0.576. The summed E-state index contributed by atoms with van der Waals surface area (Å²) < 4.78 is 0. The number of rotatable bonds is 0. The Kier molecular flexibility index (Phi) is 2120. The van der Waals surface area contributed by atoms with Gasteiger partial charge >= 0.3 is 0 Å². The second-order valence-electron chi connectivity index (χ2n) is 0. The molecule has 0 nitrogen and oxygen atoms in total. The van der Waals surface area contributed by atoms with Crippen molar-refractivity contribution in [3.63, 3.8) is 0 Å². The van der Waals surface area contributed by atoms with Gasteiger partial charge in [0.1, 0.15) is 0 Å². The van der Waals surface area contributed by atoms with Gasteiger partial charge in [-0.3, -0.25) is 0 Å². The molecule has 0 aromatic rings. The lowest BCUT2D eigenvalue weighted by Gasteiger charge is -0.701. The first-order chi connectivity index (χ1) is 1.00. The van der Waals surface area contributed by atoms with E-state index < -0.39 is 0 Å². The molecule has 0 aliphatic carbocycles. The molecule has 0 radical (unpaired) electrons. The highest BCUT2D eigenvalue weighted by atomic mass is 28.1. The Morgan fingerprint density at radius 3 is 1.00 bits per heavy atom. The lowest BCUT2D eigenvalue weighted by molar-refractivity contribution is 2.50. The van der Waals surface area contributed by atoms with Crippen molar-refractivity contribution in [1.82, 2.24) is 0 Å². The Bertz CT molecular complexity index is 8.00. The smallest absolute Gasteiger partial charge is 0.0149 e.